The van der Waals surface area contributed by atoms with Gasteiger partial charge in [0.25, 0.3) is 0 Å². The summed E-state index contributed by atoms with van der Waals surface area (Å²) in [6.45, 7) is 14.0. The van der Waals surface area contributed by atoms with Gasteiger partial charge in [0.1, 0.15) is 0 Å². The average molecular weight is 445 g/mol. The van der Waals surface area contributed by atoms with E-state index < -0.39 is 5.60 Å². The van der Waals surface area contributed by atoms with Gasteiger partial charge in [-0.25, -0.2) is 0 Å². The Kier molecular flexibility index (Phi) is 5.70. The van der Waals surface area contributed by atoms with E-state index in [4.69, 9.17) is 0 Å². The van der Waals surface area contributed by atoms with Crippen LogP contribution < -0.4 is 0 Å². The largest absolute Gasteiger partial charge is 0.390 e. The van der Waals surface area contributed by atoms with Crippen LogP contribution in [0.4, 0.5) is 0 Å². The molecule has 0 spiro atoms. The maximum absolute atomic E-state index is 11.1. The van der Waals surface area contributed by atoms with Crippen molar-refractivity contribution in [1.82, 2.24) is 0 Å². The molecule has 32 heavy (non-hydrogen) atoms. The molecular weight excluding hydrogens is 392 g/mol. The van der Waals surface area contributed by atoms with Gasteiger partial charge in [-0.3, -0.25) is 0 Å². The predicted octanol–water partition coefficient (Wildman–Crippen LogP) is 7.22. The van der Waals surface area contributed by atoms with E-state index >= 15 is 0 Å². The third-order valence-corrected chi connectivity index (χ3v) is 12.4. The topological polar surface area (TPSA) is 40.5 Å². The minimum absolute atomic E-state index is 0.376. The van der Waals surface area contributed by atoms with Crippen molar-refractivity contribution in [1.29, 1.82) is 0 Å². The standard InChI is InChI=1S/C30H52O2/c1-7-30(32)16-15-28(5)20(18-30)10-11-21-24(28)12-14-29(6)25(22-17-23(22)26(21)29)19(2)9-8-13-27(3,4)31/h19-26,31-32H,7-18H2,1-6H3/t19-,20+,21-,22+,23-,24+,25+,26-,28+,29-,30+/m1/s1. The van der Waals surface area contributed by atoms with Crippen molar-refractivity contribution in [3.63, 3.8) is 0 Å². The highest BCUT2D eigenvalue weighted by Crippen LogP contribution is 2.77. The quantitative estimate of drug-likeness (QED) is 0.454. The maximum atomic E-state index is 11.1. The molecule has 5 aliphatic rings. The summed E-state index contributed by atoms with van der Waals surface area (Å²) >= 11 is 0. The third-order valence-electron chi connectivity index (χ3n) is 12.4. The van der Waals surface area contributed by atoms with E-state index in [1.165, 1.54) is 51.4 Å². The Hall–Kier alpha value is -0.0800. The molecule has 0 aromatic carbocycles. The van der Waals surface area contributed by atoms with E-state index in [0.29, 0.717) is 10.8 Å². The fourth-order valence-corrected chi connectivity index (χ4v) is 10.8. The molecule has 0 bridgehead atoms. The molecule has 0 aromatic rings. The van der Waals surface area contributed by atoms with Crippen molar-refractivity contribution in [3.8, 4) is 0 Å². The predicted molar refractivity (Wildman–Crippen MR) is 132 cm³/mol. The van der Waals surface area contributed by atoms with Crippen molar-refractivity contribution in [2.75, 3.05) is 0 Å². The second-order valence-corrected chi connectivity index (χ2v) is 14.7. The van der Waals surface area contributed by atoms with Gasteiger partial charge in [0.15, 0.2) is 0 Å². The molecule has 0 radical (unpaired) electrons. The van der Waals surface area contributed by atoms with Crippen LogP contribution in [0, 0.1) is 58.2 Å². The minimum Gasteiger partial charge on any atom is -0.390 e. The van der Waals surface area contributed by atoms with Gasteiger partial charge >= 0.3 is 0 Å². The number of fused-ring (bicyclic) bond motifs is 7. The normalized spacial score (nSPS) is 53.1. The summed E-state index contributed by atoms with van der Waals surface area (Å²) in [4.78, 5) is 0. The number of aliphatic hydroxyl groups is 2. The molecule has 5 fully saturated rings. The van der Waals surface area contributed by atoms with Gasteiger partial charge in [0.05, 0.1) is 11.2 Å². The van der Waals surface area contributed by atoms with Crippen LogP contribution in [0.15, 0.2) is 0 Å². The molecule has 5 rings (SSSR count). The Morgan fingerprint density at radius 3 is 2.41 bits per heavy atom. The van der Waals surface area contributed by atoms with Crippen molar-refractivity contribution in [2.45, 2.75) is 130 Å². The lowest BCUT2D eigenvalue weighted by atomic mass is 9.43. The zero-order valence-corrected chi connectivity index (χ0v) is 22.0. The second kappa shape index (κ2) is 7.71. The van der Waals surface area contributed by atoms with E-state index in [-0.39, 0.29) is 5.60 Å². The molecule has 0 saturated heterocycles. The van der Waals surface area contributed by atoms with Crippen molar-refractivity contribution in [2.24, 2.45) is 58.2 Å². The van der Waals surface area contributed by atoms with Gasteiger partial charge in [-0.15, -0.1) is 0 Å². The van der Waals surface area contributed by atoms with Crippen LogP contribution in [0.5, 0.6) is 0 Å². The molecule has 5 aliphatic carbocycles. The van der Waals surface area contributed by atoms with E-state index in [1.54, 1.807) is 0 Å². The SMILES string of the molecule is CC[C@]1(O)CC[C@@]2(C)[C@@H](CC[C@H]3[C@@H]4[C@@H]5C[C@@H]5[C@H]([C@H](C)CCCC(C)(C)O)[C@@]4(C)CC[C@@H]32)C1. The molecule has 0 aromatic heterocycles. The second-order valence-electron chi connectivity index (χ2n) is 14.7. The minimum atomic E-state index is -0.514. The zero-order valence-electron chi connectivity index (χ0n) is 22.0. The fourth-order valence-electron chi connectivity index (χ4n) is 10.8. The number of rotatable bonds is 6. The summed E-state index contributed by atoms with van der Waals surface area (Å²) in [7, 11) is 0. The summed E-state index contributed by atoms with van der Waals surface area (Å²) in [5.74, 6) is 7.33. The Balaban J connectivity index is 1.32. The molecular formula is C30H52O2. The summed E-state index contributed by atoms with van der Waals surface area (Å²) in [5.41, 5.74) is 0.149. The maximum Gasteiger partial charge on any atom is 0.0648 e. The number of hydrogen-bond acceptors (Lipinski definition) is 2. The molecule has 0 unspecified atom stereocenters. The Bertz CT molecular complexity index is 710. The lowest BCUT2D eigenvalue weighted by Gasteiger charge is -2.63. The van der Waals surface area contributed by atoms with E-state index in [0.717, 1.165) is 73.0 Å². The Labute approximate surface area is 198 Å². The molecule has 0 amide bonds. The lowest BCUT2D eigenvalue weighted by molar-refractivity contribution is -0.158. The average Bonchev–Trinajstić information content (AvgIpc) is 3.41. The Morgan fingerprint density at radius 1 is 0.969 bits per heavy atom. The highest BCUT2D eigenvalue weighted by Gasteiger charge is 2.71. The lowest BCUT2D eigenvalue weighted by Crippen LogP contribution is -2.56. The zero-order chi connectivity index (χ0) is 23.1. The van der Waals surface area contributed by atoms with Crippen LogP contribution in [-0.2, 0) is 0 Å². The summed E-state index contributed by atoms with van der Waals surface area (Å²) in [6.07, 6.45) is 14.9. The van der Waals surface area contributed by atoms with E-state index in [1.807, 2.05) is 13.8 Å². The first-order chi connectivity index (χ1) is 14.9. The monoisotopic (exact) mass is 444 g/mol. The van der Waals surface area contributed by atoms with Crippen LogP contribution in [-0.4, -0.2) is 21.4 Å². The smallest absolute Gasteiger partial charge is 0.0648 e. The van der Waals surface area contributed by atoms with Crippen molar-refractivity contribution >= 4 is 0 Å². The van der Waals surface area contributed by atoms with Gasteiger partial charge in [-0.1, -0.05) is 40.5 Å². The first-order valence-corrected chi connectivity index (χ1v) is 14.4. The summed E-state index contributed by atoms with van der Waals surface area (Å²) in [6, 6.07) is 0. The van der Waals surface area contributed by atoms with Crippen molar-refractivity contribution in [3.05, 3.63) is 0 Å². The molecule has 11 atom stereocenters. The van der Waals surface area contributed by atoms with Gasteiger partial charge in [0.2, 0.25) is 0 Å². The Morgan fingerprint density at radius 2 is 1.72 bits per heavy atom. The molecule has 2 nitrogen and oxygen atoms in total. The van der Waals surface area contributed by atoms with Crippen LogP contribution in [0.25, 0.3) is 0 Å². The highest BCUT2D eigenvalue weighted by molar-refractivity contribution is 5.19. The fraction of sp³-hybridized carbons (Fsp3) is 1.00. The number of hydrogen-bond donors (Lipinski definition) is 2. The third kappa shape index (κ3) is 3.64. The van der Waals surface area contributed by atoms with Crippen LogP contribution in [0.2, 0.25) is 0 Å². The van der Waals surface area contributed by atoms with Crippen LogP contribution >= 0.6 is 0 Å². The molecule has 0 heterocycles. The first-order valence-electron chi connectivity index (χ1n) is 14.4. The highest BCUT2D eigenvalue weighted by atomic mass is 16.3. The van der Waals surface area contributed by atoms with Crippen molar-refractivity contribution < 1.29 is 10.2 Å². The molecule has 5 saturated carbocycles. The van der Waals surface area contributed by atoms with Crippen LogP contribution in [0.1, 0.15) is 119 Å². The van der Waals surface area contributed by atoms with E-state index in [9.17, 15) is 10.2 Å². The molecule has 0 aliphatic heterocycles. The van der Waals surface area contributed by atoms with E-state index in [2.05, 4.69) is 27.7 Å². The summed E-state index contributed by atoms with van der Waals surface area (Å²) in [5, 5.41) is 21.2. The molecule has 184 valence electrons. The van der Waals surface area contributed by atoms with Crippen LogP contribution in [0.3, 0.4) is 0 Å². The van der Waals surface area contributed by atoms with Gasteiger partial charge < -0.3 is 10.2 Å². The molecule has 2 N–H and O–H groups in total. The first kappa shape index (κ1) is 23.7. The van der Waals surface area contributed by atoms with Gasteiger partial charge in [-0.2, -0.15) is 0 Å². The van der Waals surface area contributed by atoms with Gasteiger partial charge in [0, 0.05) is 0 Å². The molecule has 2 heteroatoms. The summed E-state index contributed by atoms with van der Waals surface area (Å²) < 4.78 is 0. The van der Waals surface area contributed by atoms with Gasteiger partial charge in [-0.05, 0) is 136 Å².